The maximum absolute atomic E-state index is 11.2. The minimum Gasteiger partial charge on any atom is -0.369 e. The Morgan fingerprint density at radius 1 is 1.61 bits per heavy atom. The van der Waals surface area contributed by atoms with Crippen LogP contribution < -0.4 is 10.6 Å². The molecule has 1 aromatic heterocycles. The van der Waals surface area contributed by atoms with Gasteiger partial charge >= 0.3 is 0 Å². The van der Waals surface area contributed by atoms with Crippen molar-refractivity contribution in [2.24, 2.45) is 11.7 Å². The molecule has 0 spiro atoms. The van der Waals surface area contributed by atoms with E-state index in [-0.39, 0.29) is 11.8 Å². The Bertz CT molecular complexity index is 452. The summed E-state index contributed by atoms with van der Waals surface area (Å²) in [7, 11) is 0. The number of amides is 1. The summed E-state index contributed by atoms with van der Waals surface area (Å²) < 4.78 is 0.790. The van der Waals surface area contributed by atoms with Crippen LogP contribution in [-0.4, -0.2) is 29.0 Å². The summed E-state index contributed by atoms with van der Waals surface area (Å²) in [4.78, 5) is 22.1. The maximum atomic E-state index is 11.2. The van der Waals surface area contributed by atoms with E-state index in [9.17, 15) is 4.79 Å². The molecule has 18 heavy (non-hydrogen) atoms. The summed E-state index contributed by atoms with van der Waals surface area (Å²) in [5.41, 5.74) is 5.34. The second-order valence-electron chi connectivity index (χ2n) is 4.55. The smallest absolute Gasteiger partial charge is 0.222 e. The molecule has 1 amide bonds. The first-order valence-corrected chi connectivity index (χ1v) is 6.97. The Hall–Kier alpha value is -1.17. The van der Waals surface area contributed by atoms with E-state index in [1.165, 1.54) is 0 Å². The third kappa shape index (κ3) is 2.98. The van der Waals surface area contributed by atoms with E-state index in [1.54, 1.807) is 0 Å². The molecule has 0 saturated carbocycles. The molecular weight excluding hydrogens is 296 g/mol. The summed E-state index contributed by atoms with van der Waals surface area (Å²) in [6.45, 7) is 3.58. The van der Waals surface area contributed by atoms with Gasteiger partial charge in [0.25, 0.3) is 0 Å². The maximum Gasteiger partial charge on any atom is 0.222 e. The minimum absolute atomic E-state index is 0.0617. The van der Waals surface area contributed by atoms with Crippen LogP contribution >= 0.6 is 15.9 Å². The molecule has 0 bridgehead atoms. The molecule has 6 heteroatoms. The molecule has 1 fully saturated rings. The van der Waals surface area contributed by atoms with Gasteiger partial charge in [-0.3, -0.25) is 4.79 Å². The zero-order chi connectivity index (χ0) is 13.1. The first kappa shape index (κ1) is 13.3. The van der Waals surface area contributed by atoms with E-state index >= 15 is 0 Å². The molecule has 1 aliphatic rings. The van der Waals surface area contributed by atoms with Crippen molar-refractivity contribution in [1.82, 2.24) is 9.97 Å². The zero-order valence-electron chi connectivity index (χ0n) is 10.4. The van der Waals surface area contributed by atoms with Gasteiger partial charge in [0.1, 0.15) is 16.2 Å². The van der Waals surface area contributed by atoms with Crippen LogP contribution in [0.4, 0.5) is 5.82 Å². The van der Waals surface area contributed by atoms with E-state index in [4.69, 9.17) is 5.73 Å². The molecule has 2 N–H and O–H groups in total. The Kier molecular flexibility index (Phi) is 4.16. The topological polar surface area (TPSA) is 72.1 Å². The van der Waals surface area contributed by atoms with Gasteiger partial charge in [-0.1, -0.05) is 6.92 Å². The van der Waals surface area contributed by atoms with E-state index in [2.05, 4.69) is 37.7 Å². The normalized spacial score (nSPS) is 19.2. The lowest BCUT2D eigenvalue weighted by molar-refractivity contribution is -0.121. The van der Waals surface area contributed by atoms with Crippen LogP contribution in [-0.2, 0) is 11.2 Å². The Labute approximate surface area is 115 Å². The molecule has 0 aliphatic carbocycles. The Morgan fingerprint density at radius 2 is 2.39 bits per heavy atom. The predicted molar refractivity (Wildman–Crippen MR) is 73.2 cm³/mol. The first-order valence-electron chi connectivity index (χ1n) is 6.18. The lowest BCUT2D eigenvalue weighted by Crippen LogP contribution is -2.27. The highest BCUT2D eigenvalue weighted by Gasteiger charge is 2.27. The van der Waals surface area contributed by atoms with Gasteiger partial charge in [0.05, 0.1) is 5.92 Å². The van der Waals surface area contributed by atoms with Crippen LogP contribution in [0.25, 0.3) is 0 Å². The fraction of sp³-hybridized carbons (Fsp3) is 0.583. The van der Waals surface area contributed by atoms with Crippen molar-refractivity contribution in [2.45, 2.75) is 26.2 Å². The Morgan fingerprint density at radius 3 is 3.00 bits per heavy atom. The average molecular weight is 313 g/mol. The van der Waals surface area contributed by atoms with Gasteiger partial charge in [0, 0.05) is 25.6 Å². The molecule has 1 atom stereocenters. The van der Waals surface area contributed by atoms with Gasteiger partial charge in [0.15, 0.2) is 0 Å². The van der Waals surface area contributed by atoms with Crippen molar-refractivity contribution in [3.05, 3.63) is 16.5 Å². The zero-order valence-corrected chi connectivity index (χ0v) is 12.0. The van der Waals surface area contributed by atoms with Crippen molar-refractivity contribution in [1.29, 1.82) is 0 Å². The SMILES string of the molecule is CCCc1nc(Br)cc(N2CCC(C(N)=O)C2)n1. The second-order valence-corrected chi connectivity index (χ2v) is 5.36. The van der Waals surface area contributed by atoms with Crippen LogP contribution in [0, 0.1) is 5.92 Å². The molecule has 98 valence electrons. The molecule has 1 aromatic rings. The number of anilines is 1. The lowest BCUT2D eigenvalue weighted by Gasteiger charge is -2.17. The number of primary amides is 1. The number of rotatable bonds is 4. The fourth-order valence-electron chi connectivity index (χ4n) is 2.15. The van der Waals surface area contributed by atoms with Crippen LogP contribution in [0.1, 0.15) is 25.6 Å². The van der Waals surface area contributed by atoms with E-state index in [0.29, 0.717) is 6.54 Å². The van der Waals surface area contributed by atoms with Crippen molar-refractivity contribution in [2.75, 3.05) is 18.0 Å². The highest BCUT2D eigenvalue weighted by molar-refractivity contribution is 9.10. The monoisotopic (exact) mass is 312 g/mol. The molecule has 1 unspecified atom stereocenters. The molecule has 2 heterocycles. The van der Waals surface area contributed by atoms with Gasteiger partial charge in [0.2, 0.25) is 5.91 Å². The van der Waals surface area contributed by atoms with Crippen LogP contribution in [0.5, 0.6) is 0 Å². The third-order valence-corrected chi connectivity index (χ3v) is 3.52. The molecule has 1 aliphatic heterocycles. The highest BCUT2D eigenvalue weighted by atomic mass is 79.9. The van der Waals surface area contributed by atoms with Gasteiger partial charge in [-0.25, -0.2) is 9.97 Å². The minimum atomic E-state index is -0.223. The highest BCUT2D eigenvalue weighted by Crippen LogP contribution is 2.24. The summed E-state index contributed by atoms with van der Waals surface area (Å²) in [6.07, 6.45) is 2.68. The largest absolute Gasteiger partial charge is 0.369 e. The number of halogens is 1. The van der Waals surface area contributed by atoms with Crippen LogP contribution in [0.3, 0.4) is 0 Å². The average Bonchev–Trinajstić information content (AvgIpc) is 2.78. The third-order valence-electron chi connectivity index (χ3n) is 3.12. The molecule has 5 nitrogen and oxygen atoms in total. The lowest BCUT2D eigenvalue weighted by atomic mass is 10.1. The summed E-state index contributed by atoms with van der Waals surface area (Å²) in [5, 5.41) is 0. The van der Waals surface area contributed by atoms with Crippen molar-refractivity contribution in [3.8, 4) is 0 Å². The van der Waals surface area contributed by atoms with Crippen molar-refractivity contribution >= 4 is 27.7 Å². The van der Waals surface area contributed by atoms with E-state index in [0.717, 1.165) is 42.1 Å². The quantitative estimate of drug-likeness (QED) is 0.855. The summed E-state index contributed by atoms with van der Waals surface area (Å²) in [6, 6.07) is 1.89. The Balaban J connectivity index is 2.16. The van der Waals surface area contributed by atoms with Crippen LogP contribution in [0.15, 0.2) is 10.7 Å². The number of hydrogen-bond donors (Lipinski definition) is 1. The molecule has 0 radical (unpaired) electrons. The number of nitrogens with zero attached hydrogens (tertiary/aromatic N) is 3. The first-order chi connectivity index (χ1) is 8.60. The second kappa shape index (κ2) is 5.65. The predicted octanol–water partition coefficient (Wildman–Crippen LogP) is 1.50. The number of carbonyl (C=O) groups excluding carboxylic acids is 1. The van der Waals surface area contributed by atoms with Gasteiger partial charge in [-0.05, 0) is 28.8 Å². The molecular formula is C12H17BrN4O. The van der Waals surface area contributed by atoms with Crippen molar-refractivity contribution < 1.29 is 4.79 Å². The molecule has 1 saturated heterocycles. The number of aryl methyl sites for hydroxylation is 1. The summed E-state index contributed by atoms with van der Waals surface area (Å²) >= 11 is 3.40. The van der Waals surface area contributed by atoms with Gasteiger partial charge in [-0.2, -0.15) is 0 Å². The standard InChI is InChI=1S/C12H17BrN4O/c1-2-3-10-15-9(13)6-11(16-10)17-5-4-8(7-17)12(14)18/h6,8H,2-5,7H2,1H3,(H2,14,18). The number of carbonyl (C=O) groups is 1. The van der Waals surface area contributed by atoms with E-state index < -0.39 is 0 Å². The van der Waals surface area contributed by atoms with Gasteiger partial charge < -0.3 is 10.6 Å². The molecule has 2 rings (SSSR count). The number of aromatic nitrogens is 2. The summed E-state index contributed by atoms with van der Waals surface area (Å²) in [5.74, 6) is 1.43. The number of nitrogens with two attached hydrogens (primary N) is 1. The number of hydrogen-bond acceptors (Lipinski definition) is 4. The van der Waals surface area contributed by atoms with Crippen molar-refractivity contribution in [3.63, 3.8) is 0 Å². The van der Waals surface area contributed by atoms with Crippen LogP contribution in [0.2, 0.25) is 0 Å². The van der Waals surface area contributed by atoms with E-state index in [1.807, 2.05) is 6.07 Å². The molecule has 0 aromatic carbocycles. The van der Waals surface area contributed by atoms with Gasteiger partial charge in [-0.15, -0.1) is 0 Å². The fourth-order valence-corrected chi connectivity index (χ4v) is 2.56.